The Balaban J connectivity index is 1.44. The summed E-state index contributed by atoms with van der Waals surface area (Å²) >= 11 is 0. The molecule has 1 N–H and O–H groups in total. The van der Waals surface area contributed by atoms with Crippen LogP contribution in [0.3, 0.4) is 0 Å². The van der Waals surface area contributed by atoms with Crippen LogP contribution in [-0.4, -0.2) is 41.2 Å². The molecule has 0 aliphatic carbocycles. The maximum Gasteiger partial charge on any atom is 0.241 e. The average molecular weight is 260 g/mol. The number of likely N-dealkylation sites (tertiary alicyclic amines) is 1. The molecule has 4 heterocycles. The van der Waals surface area contributed by atoms with Crippen molar-refractivity contribution in [3.63, 3.8) is 0 Å². The average Bonchev–Trinajstić information content (AvgIpc) is 3.12. The summed E-state index contributed by atoms with van der Waals surface area (Å²) < 4.78 is 10.6. The zero-order chi connectivity index (χ0) is 12.7. The van der Waals surface area contributed by atoms with Gasteiger partial charge in [-0.2, -0.15) is 4.98 Å². The third-order valence-corrected chi connectivity index (χ3v) is 4.03. The van der Waals surface area contributed by atoms with Crippen LogP contribution in [0.25, 0.3) is 11.6 Å². The van der Waals surface area contributed by atoms with Crippen LogP contribution in [0.1, 0.15) is 5.89 Å². The summed E-state index contributed by atoms with van der Waals surface area (Å²) in [5.74, 6) is 3.41. The van der Waals surface area contributed by atoms with Crippen LogP contribution in [0.5, 0.6) is 0 Å². The van der Waals surface area contributed by atoms with Crippen LogP contribution >= 0.6 is 0 Å². The number of furan rings is 1. The quantitative estimate of drug-likeness (QED) is 0.887. The minimum absolute atomic E-state index is 0.529. The molecule has 2 aliphatic rings. The predicted molar refractivity (Wildman–Crippen MR) is 67.1 cm³/mol. The molecule has 0 saturated carbocycles. The highest BCUT2D eigenvalue weighted by molar-refractivity contribution is 5.44. The molecule has 100 valence electrons. The van der Waals surface area contributed by atoms with E-state index in [4.69, 9.17) is 8.94 Å². The number of hydrogen-bond donors (Lipinski definition) is 1. The Kier molecular flexibility index (Phi) is 2.63. The number of fused-ring (bicyclic) bond motifs is 1. The first-order valence-corrected chi connectivity index (χ1v) is 6.68. The molecule has 2 fully saturated rings. The summed E-state index contributed by atoms with van der Waals surface area (Å²) in [7, 11) is 0. The number of nitrogens with one attached hydrogen (secondary N) is 1. The van der Waals surface area contributed by atoms with Crippen molar-refractivity contribution in [1.29, 1.82) is 0 Å². The first-order valence-electron chi connectivity index (χ1n) is 6.68. The van der Waals surface area contributed by atoms with Gasteiger partial charge in [-0.1, -0.05) is 5.16 Å². The molecule has 0 radical (unpaired) electrons. The molecule has 0 bridgehead atoms. The first-order chi connectivity index (χ1) is 9.38. The fraction of sp³-hybridized carbons (Fsp3) is 0.538. The van der Waals surface area contributed by atoms with E-state index in [1.807, 2.05) is 12.1 Å². The van der Waals surface area contributed by atoms with Gasteiger partial charge in [0.25, 0.3) is 0 Å². The summed E-state index contributed by atoms with van der Waals surface area (Å²) in [6.45, 7) is 5.26. The molecule has 6 nitrogen and oxygen atoms in total. The highest BCUT2D eigenvalue weighted by Crippen LogP contribution is 2.27. The molecule has 2 aromatic rings. The molecule has 6 heteroatoms. The van der Waals surface area contributed by atoms with Crippen molar-refractivity contribution in [3.8, 4) is 11.6 Å². The Morgan fingerprint density at radius 1 is 1.32 bits per heavy atom. The molecule has 0 unspecified atom stereocenters. The second-order valence-corrected chi connectivity index (χ2v) is 5.36. The summed E-state index contributed by atoms with van der Waals surface area (Å²) in [4.78, 5) is 6.78. The van der Waals surface area contributed by atoms with Gasteiger partial charge in [0.15, 0.2) is 5.76 Å². The van der Waals surface area contributed by atoms with Crippen molar-refractivity contribution >= 4 is 0 Å². The Bertz CT molecular complexity index is 539. The molecule has 2 aliphatic heterocycles. The van der Waals surface area contributed by atoms with Gasteiger partial charge in [-0.3, -0.25) is 4.90 Å². The van der Waals surface area contributed by atoms with Gasteiger partial charge in [0.1, 0.15) is 0 Å². The molecule has 0 aromatic carbocycles. The topological polar surface area (TPSA) is 67.3 Å². The van der Waals surface area contributed by atoms with Crippen molar-refractivity contribution in [2.75, 3.05) is 26.2 Å². The molecular weight excluding hydrogens is 244 g/mol. The van der Waals surface area contributed by atoms with Gasteiger partial charge < -0.3 is 14.3 Å². The summed E-state index contributed by atoms with van der Waals surface area (Å²) in [6, 6.07) is 3.65. The second-order valence-electron chi connectivity index (χ2n) is 5.36. The van der Waals surface area contributed by atoms with E-state index in [9.17, 15) is 0 Å². The van der Waals surface area contributed by atoms with Crippen molar-refractivity contribution < 1.29 is 8.94 Å². The molecule has 0 spiro atoms. The van der Waals surface area contributed by atoms with Crippen LogP contribution in [0.15, 0.2) is 27.3 Å². The van der Waals surface area contributed by atoms with E-state index in [0.29, 0.717) is 17.5 Å². The van der Waals surface area contributed by atoms with E-state index in [-0.39, 0.29) is 0 Å². The minimum Gasteiger partial charge on any atom is -0.461 e. The van der Waals surface area contributed by atoms with E-state index in [2.05, 4.69) is 20.4 Å². The standard InChI is InChI=1S/C13H16N4O2/c1-2-11(18-3-1)13-15-12(19-16-13)8-17-6-9-4-14-5-10(9)7-17/h1-3,9-10,14H,4-8H2/t9-,10+. The van der Waals surface area contributed by atoms with E-state index in [1.165, 1.54) is 0 Å². The van der Waals surface area contributed by atoms with Crippen LogP contribution in [0, 0.1) is 11.8 Å². The van der Waals surface area contributed by atoms with Crippen LogP contribution in [0.4, 0.5) is 0 Å². The molecule has 2 saturated heterocycles. The smallest absolute Gasteiger partial charge is 0.241 e. The Morgan fingerprint density at radius 3 is 2.89 bits per heavy atom. The highest BCUT2D eigenvalue weighted by atomic mass is 16.5. The monoisotopic (exact) mass is 260 g/mol. The maximum atomic E-state index is 5.29. The fourth-order valence-electron chi connectivity index (χ4n) is 3.10. The summed E-state index contributed by atoms with van der Waals surface area (Å²) in [5, 5.41) is 7.39. The molecule has 4 rings (SSSR count). The van der Waals surface area contributed by atoms with Gasteiger partial charge in [-0.25, -0.2) is 0 Å². The van der Waals surface area contributed by atoms with Crippen LogP contribution in [0.2, 0.25) is 0 Å². The fourth-order valence-corrected chi connectivity index (χ4v) is 3.10. The second kappa shape index (κ2) is 4.47. The molecule has 2 aromatic heterocycles. The predicted octanol–water partition coefficient (Wildman–Crippen LogP) is 0.981. The van der Waals surface area contributed by atoms with Gasteiger partial charge in [0.05, 0.1) is 12.8 Å². The van der Waals surface area contributed by atoms with Gasteiger partial charge in [-0.05, 0) is 37.1 Å². The molecular formula is C13H16N4O2. The van der Waals surface area contributed by atoms with Gasteiger partial charge >= 0.3 is 0 Å². The summed E-state index contributed by atoms with van der Waals surface area (Å²) in [6.07, 6.45) is 1.61. The normalized spacial score (nSPS) is 26.9. The first kappa shape index (κ1) is 11.2. The number of rotatable bonds is 3. The van der Waals surface area contributed by atoms with Crippen LogP contribution in [-0.2, 0) is 6.54 Å². The zero-order valence-electron chi connectivity index (χ0n) is 10.6. The van der Waals surface area contributed by atoms with E-state index in [0.717, 1.165) is 44.6 Å². The summed E-state index contributed by atoms with van der Waals surface area (Å²) in [5.41, 5.74) is 0. The Labute approximate surface area is 110 Å². The number of nitrogens with zero attached hydrogens (tertiary/aromatic N) is 3. The highest BCUT2D eigenvalue weighted by Gasteiger charge is 2.36. The lowest BCUT2D eigenvalue weighted by atomic mass is 10.0. The molecule has 19 heavy (non-hydrogen) atoms. The van der Waals surface area contributed by atoms with Crippen molar-refractivity contribution in [1.82, 2.24) is 20.4 Å². The van der Waals surface area contributed by atoms with Crippen molar-refractivity contribution in [2.45, 2.75) is 6.54 Å². The Hall–Kier alpha value is -1.66. The lowest BCUT2D eigenvalue weighted by Gasteiger charge is -2.13. The lowest BCUT2D eigenvalue weighted by molar-refractivity contribution is 0.253. The van der Waals surface area contributed by atoms with Gasteiger partial charge in [-0.15, -0.1) is 0 Å². The molecule has 0 amide bonds. The van der Waals surface area contributed by atoms with Crippen LogP contribution < -0.4 is 5.32 Å². The van der Waals surface area contributed by atoms with E-state index < -0.39 is 0 Å². The van der Waals surface area contributed by atoms with E-state index in [1.54, 1.807) is 6.26 Å². The molecule has 2 atom stereocenters. The third kappa shape index (κ3) is 2.06. The maximum absolute atomic E-state index is 5.29. The Morgan fingerprint density at radius 2 is 2.16 bits per heavy atom. The van der Waals surface area contributed by atoms with Crippen molar-refractivity contribution in [2.24, 2.45) is 11.8 Å². The SMILES string of the molecule is c1coc(-c2noc(CN3C[C@H]4CNC[C@H]4C3)n2)c1. The minimum atomic E-state index is 0.529. The third-order valence-electron chi connectivity index (χ3n) is 4.03. The van der Waals surface area contributed by atoms with Gasteiger partial charge in [0, 0.05) is 13.1 Å². The van der Waals surface area contributed by atoms with E-state index >= 15 is 0 Å². The lowest BCUT2D eigenvalue weighted by Crippen LogP contribution is -2.25. The largest absolute Gasteiger partial charge is 0.461 e. The number of aromatic nitrogens is 2. The zero-order valence-corrected chi connectivity index (χ0v) is 10.6. The van der Waals surface area contributed by atoms with Crippen molar-refractivity contribution in [3.05, 3.63) is 24.3 Å². The van der Waals surface area contributed by atoms with Gasteiger partial charge in [0.2, 0.25) is 11.7 Å². The number of hydrogen-bond acceptors (Lipinski definition) is 6.